The van der Waals surface area contributed by atoms with E-state index in [1.54, 1.807) is 29.6 Å². The summed E-state index contributed by atoms with van der Waals surface area (Å²) >= 11 is 5.74. The number of fused-ring (bicyclic) bond motifs is 1. The summed E-state index contributed by atoms with van der Waals surface area (Å²) in [5, 5.41) is 3.87. The van der Waals surface area contributed by atoms with Gasteiger partial charge in [-0.3, -0.25) is 19.0 Å². The Hall–Kier alpha value is -3.74. The number of carbonyl (C=O) groups excluding carboxylic acids is 2. The zero-order valence-electron chi connectivity index (χ0n) is 20.8. The minimum absolute atomic E-state index is 0.0685. The first-order chi connectivity index (χ1) is 19.1. The predicted octanol–water partition coefficient (Wildman–Crippen LogP) is 6.16. The summed E-state index contributed by atoms with van der Waals surface area (Å²) < 4.78 is 107. The van der Waals surface area contributed by atoms with Gasteiger partial charge >= 0.3 is 12.4 Å². The van der Waals surface area contributed by atoms with Crippen LogP contribution in [0.3, 0.4) is 0 Å². The Labute approximate surface area is 232 Å². The standard InChI is InChI=1S/C27H20ClF8N3O2/c28-20-8-14(27(34,35)36)7-19(23(20)30)25(11-29)9-21(38-12-25)17-5-6-18(16-4-2-1-3-15(16)17)24(41)37-10-22(40)39-13-26(31,32)33/h1-8H,9-13H2,(H,37,41)(H,39,40). The van der Waals surface area contributed by atoms with Gasteiger partial charge in [0.1, 0.15) is 19.0 Å². The predicted molar refractivity (Wildman–Crippen MR) is 135 cm³/mol. The van der Waals surface area contributed by atoms with Gasteiger partial charge in [0, 0.05) is 28.8 Å². The maximum absolute atomic E-state index is 15.0. The van der Waals surface area contributed by atoms with Crippen molar-refractivity contribution in [3.63, 3.8) is 0 Å². The summed E-state index contributed by atoms with van der Waals surface area (Å²) in [6.45, 7) is -3.87. The lowest BCUT2D eigenvalue weighted by atomic mass is 9.77. The molecule has 1 atom stereocenters. The SMILES string of the molecule is O=C(CNC(=O)c1ccc(C2=NCC(CF)(c3cc(C(F)(F)F)cc(Cl)c3F)C2)c2ccccc12)NCC(F)(F)F. The number of alkyl halides is 7. The van der Waals surface area contributed by atoms with Crippen LogP contribution in [0, 0.1) is 5.82 Å². The quantitative estimate of drug-likeness (QED) is 0.317. The Balaban J connectivity index is 1.62. The number of hydrogen-bond acceptors (Lipinski definition) is 3. The fourth-order valence-corrected chi connectivity index (χ4v) is 4.83. The highest BCUT2D eigenvalue weighted by molar-refractivity contribution is 6.31. The number of benzene rings is 3. The number of carbonyl (C=O) groups is 2. The summed E-state index contributed by atoms with van der Waals surface area (Å²) in [7, 11) is 0. The molecule has 41 heavy (non-hydrogen) atoms. The fourth-order valence-electron chi connectivity index (χ4n) is 4.61. The molecule has 3 aromatic carbocycles. The highest BCUT2D eigenvalue weighted by atomic mass is 35.5. The van der Waals surface area contributed by atoms with Crippen LogP contribution in [0.15, 0.2) is 53.5 Å². The van der Waals surface area contributed by atoms with Gasteiger partial charge in [-0.2, -0.15) is 26.3 Å². The second kappa shape index (κ2) is 11.3. The lowest BCUT2D eigenvalue weighted by Crippen LogP contribution is -2.40. The molecule has 0 saturated heterocycles. The maximum atomic E-state index is 15.0. The first-order valence-electron chi connectivity index (χ1n) is 11.9. The van der Waals surface area contributed by atoms with E-state index in [0.717, 1.165) is 0 Å². The molecule has 1 heterocycles. The molecule has 0 aromatic heterocycles. The molecule has 0 radical (unpaired) electrons. The lowest BCUT2D eigenvalue weighted by Gasteiger charge is -2.27. The molecule has 0 fully saturated rings. The average Bonchev–Trinajstić information content (AvgIpc) is 3.35. The number of halogens is 9. The monoisotopic (exact) mass is 605 g/mol. The minimum Gasteiger partial charge on any atom is -0.345 e. The molecule has 0 saturated carbocycles. The maximum Gasteiger partial charge on any atom is 0.416 e. The second-order valence-electron chi connectivity index (χ2n) is 9.45. The van der Waals surface area contributed by atoms with Gasteiger partial charge in [0.15, 0.2) is 0 Å². The van der Waals surface area contributed by atoms with E-state index in [2.05, 4.69) is 10.3 Å². The molecular formula is C27H20ClF8N3O2. The molecule has 0 aliphatic carbocycles. The molecule has 14 heteroatoms. The van der Waals surface area contributed by atoms with Gasteiger partial charge < -0.3 is 10.6 Å². The number of hydrogen-bond donors (Lipinski definition) is 2. The second-order valence-corrected chi connectivity index (χ2v) is 9.86. The van der Waals surface area contributed by atoms with Crippen molar-refractivity contribution in [2.45, 2.75) is 24.2 Å². The Morgan fingerprint density at radius 2 is 1.66 bits per heavy atom. The van der Waals surface area contributed by atoms with Crippen molar-refractivity contribution in [1.82, 2.24) is 10.6 Å². The van der Waals surface area contributed by atoms with E-state index in [9.17, 15) is 44.7 Å². The molecule has 1 aliphatic heterocycles. The van der Waals surface area contributed by atoms with Crippen LogP contribution < -0.4 is 10.6 Å². The van der Waals surface area contributed by atoms with Crippen LogP contribution >= 0.6 is 11.6 Å². The minimum atomic E-state index is -4.85. The third-order valence-corrected chi connectivity index (χ3v) is 6.91. The summed E-state index contributed by atoms with van der Waals surface area (Å²) in [6.07, 6.45) is -9.74. The van der Waals surface area contributed by atoms with Gasteiger partial charge in [0.2, 0.25) is 5.91 Å². The normalized spacial score (nSPS) is 17.4. The van der Waals surface area contributed by atoms with E-state index < -0.39 is 71.3 Å². The summed E-state index contributed by atoms with van der Waals surface area (Å²) in [6, 6.07) is 10.2. The third-order valence-electron chi connectivity index (χ3n) is 6.64. The van der Waals surface area contributed by atoms with Crippen LogP contribution in [0.5, 0.6) is 0 Å². The fraction of sp³-hybridized carbons (Fsp3) is 0.296. The van der Waals surface area contributed by atoms with Crippen LogP contribution in [0.1, 0.15) is 33.5 Å². The van der Waals surface area contributed by atoms with Crippen molar-refractivity contribution in [2.24, 2.45) is 4.99 Å². The van der Waals surface area contributed by atoms with Crippen molar-refractivity contribution in [3.05, 3.63) is 81.6 Å². The third kappa shape index (κ3) is 6.45. The zero-order chi connectivity index (χ0) is 30.2. The van der Waals surface area contributed by atoms with Crippen molar-refractivity contribution in [1.29, 1.82) is 0 Å². The van der Waals surface area contributed by atoms with E-state index in [-0.39, 0.29) is 24.2 Å². The highest BCUT2D eigenvalue weighted by Gasteiger charge is 2.43. The van der Waals surface area contributed by atoms with Gasteiger partial charge in [-0.15, -0.1) is 0 Å². The van der Waals surface area contributed by atoms with E-state index in [1.807, 2.05) is 0 Å². The number of amides is 2. The number of rotatable bonds is 7. The zero-order valence-corrected chi connectivity index (χ0v) is 21.6. The van der Waals surface area contributed by atoms with Crippen LogP contribution in [0.25, 0.3) is 10.8 Å². The van der Waals surface area contributed by atoms with Crippen molar-refractivity contribution >= 4 is 39.9 Å². The number of nitrogens with zero attached hydrogens (tertiary/aromatic N) is 1. The van der Waals surface area contributed by atoms with Gasteiger partial charge in [0.05, 0.1) is 29.1 Å². The lowest BCUT2D eigenvalue weighted by molar-refractivity contribution is -0.137. The van der Waals surface area contributed by atoms with Gasteiger partial charge in [-0.05, 0) is 29.0 Å². The Kier molecular flexibility index (Phi) is 8.30. The van der Waals surface area contributed by atoms with E-state index in [1.165, 1.54) is 12.1 Å². The van der Waals surface area contributed by atoms with Gasteiger partial charge in [-0.1, -0.05) is 41.9 Å². The molecule has 2 N–H and O–H groups in total. The van der Waals surface area contributed by atoms with Crippen molar-refractivity contribution in [3.8, 4) is 0 Å². The molecule has 1 aliphatic rings. The largest absolute Gasteiger partial charge is 0.416 e. The van der Waals surface area contributed by atoms with E-state index in [4.69, 9.17) is 11.6 Å². The molecule has 0 spiro atoms. The van der Waals surface area contributed by atoms with E-state index >= 15 is 0 Å². The highest BCUT2D eigenvalue weighted by Crippen LogP contribution is 2.43. The van der Waals surface area contributed by atoms with Gasteiger partial charge in [-0.25, -0.2) is 4.39 Å². The molecule has 4 rings (SSSR count). The Morgan fingerprint density at radius 3 is 2.29 bits per heavy atom. The Bertz CT molecular complexity index is 1540. The average molecular weight is 606 g/mol. The molecule has 5 nitrogen and oxygen atoms in total. The topological polar surface area (TPSA) is 70.6 Å². The molecule has 218 valence electrons. The van der Waals surface area contributed by atoms with Crippen molar-refractivity contribution in [2.75, 3.05) is 26.3 Å². The van der Waals surface area contributed by atoms with E-state index in [0.29, 0.717) is 28.5 Å². The first-order valence-corrected chi connectivity index (χ1v) is 12.3. The first kappa shape index (κ1) is 30.2. The summed E-state index contributed by atoms with van der Waals surface area (Å²) in [5.74, 6) is -2.99. The van der Waals surface area contributed by atoms with Crippen LogP contribution in [-0.2, 0) is 16.4 Å². The summed E-state index contributed by atoms with van der Waals surface area (Å²) in [4.78, 5) is 28.8. The smallest absolute Gasteiger partial charge is 0.345 e. The molecule has 1 unspecified atom stereocenters. The molecular weight excluding hydrogens is 586 g/mol. The number of nitrogens with one attached hydrogen (secondary N) is 2. The Morgan fingerprint density at radius 1 is 0.976 bits per heavy atom. The molecule has 3 aromatic rings. The number of aliphatic imine (C=N–C) groups is 1. The van der Waals surface area contributed by atoms with Crippen LogP contribution in [0.4, 0.5) is 35.1 Å². The van der Waals surface area contributed by atoms with Crippen LogP contribution in [0.2, 0.25) is 5.02 Å². The van der Waals surface area contributed by atoms with Gasteiger partial charge in [0.25, 0.3) is 5.91 Å². The molecule has 0 bridgehead atoms. The van der Waals surface area contributed by atoms with Crippen molar-refractivity contribution < 1.29 is 44.7 Å². The van der Waals surface area contributed by atoms with Crippen LogP contribution in [-0.4, -0.2) is 50.0 Å². The summed E-state index contributed by atoms with van der Waals surface area (Å²) in [5.41, 5.74) is -2.81. The molecule has 2 amide bonds.